The molecule has 0 aromatic carbocycles. The predicted octanol–water partition coefficient (Wildman–Crippen LogP) is 4.18. The lowest BCUT2D eigenvalue weighted by atomic mass is 10.1. The Labute approximate surface area is 141 Å². The van der Waals surface area contributed by atoms with Crippen LogP contribution in [0.4, 0.5) is 0 Å². The van der Waals surface area contributed by atoms with Gasteiger partial charge in [-0.3, -0.25) is 0 Å². The van der Waals surface area contributed by atoms with Gasteiger partial charge in [0.25, 0.3) is 0 Å². The maximum Gasteiger partial charge on any atom is 0.330 e. The number of ether oxygens (including phenoxy) is 2. The number of hydrogen-bond donors (Lipinski definition) is 1. The molecule has 0 radical (unpaired) electrons. The summed E-state index contributed by atoms with van der Waals surface area (Å²) in [6.07, 6.45) is 17.1. The quantitative estimate of drug-likeness (QED) is 0.146. The highest BCUT2D eigenvalue weighted by molar-refractivity contribution is 5.81. The average molecular weight is 324 g/mol. The number of hydrogen-bond acceptors (Lipinski definition) is 4. The molecule has 0 aliphatic carbocycles. The summed E-state index contributed by atoms with van der Waals surface area (Å²) in [6.45, 7) is 8.70. The highest BCUT2D eigenvalue weighted by Gasteiger charge is 1.95. The Kier molecular flexibility index (Phi) is 20.6. The first-order chi connectivity index (χ1) is 11.2. The molecular weight excluding hydrogens is 292 g/mol. The van der Waals surface area contributed by atoms with Crippen LogP contribution in [0, 0.1) is 5.92 Å². The van der Waals surface area contributed by atoms with Gasteiger partial charge < -0.3 is 14.6 Å². The summed E-state index contributed by atoms with van der Waals surface area (Å²) in [4.78, 5) is 10.8. The lowest BCUT2D eigenvalue weighted by molar-refractivity contribution is -0.137. The second-order valence-electron chi connectivity index (χ2n) is 4.75. The number of esters is 1. The number of aliphatic hydroxyl groups excluding tert-OH is 1. The van der Waals surface area contributed by atoms with E-state index in [1.807, 2.05) is 25.2 Å². The molecule has 0 aromatic rings. The van der Waals surface area contributed by atoms with Crippen molar-refractivity contribution < 1.29 is 19.4 Å². The van der Waals surface area contributed by atoms with Crippen LogP contribution in [0.3, 0.4) is 0 Å². The molecule has 0 spiro atoms. The molecule has 1 atom stereocenters. The zero-order valence-electron chi connectivity index (χ0n) is 14.7. The highest BCUT2D eigenvalue weighted by Crippen LogP contribution is 2.02. The zero-order chi connectivity index (χ0) is 17.8. The Morgan fingerprint density at radius 3 is 2.35 bits per heavy atom. The van der Waals surface area contributed by atoms with E-state index in [0.29, 0.717) is 12.5 Å². The fourth-order valence-corrected chi connectivity index (χ4v) is 1.65. The highest BCUT2D eigenvalue weighted by atomic mass is 16.5. The van der Waals surface area contributed by atoms with E-state index in [1.54, 1.807) is 6.26 Å². The summed E-state index contributed by atoms with van der Waals surface area (Å²) in [7, 11) is 1.00. The molecule has 132 valence electrons. The first-order valence-corrected chi connectivity index (χ1v) is 8.02. The number of rotatable bonds is 12. The Morgan fingerprint density at radius 1 is 1.09 bits per heavy atom. The minimum absolute atomic E-state index is 0.347. The van der Waals surface area contributed by atoms with Crippen LogP contribution < -0.4 is 0 Å². The minimum Gasteiger partial charge on any atom is -0.501 e. The van der Waals surface area contributed by atoms with Gasteiger partial charge in [-0.15, -0.1) is 0 Å². The molecule has 4 heteroatoms. The maximum absolute atomic E-state index is 10.8. The smallest absolute Gasteiger partial charge is 0.330 e. The van der Waals surface area contributed by atoms with Gasteiger partial charge in [-0.05, 0) is 44.6 Å². The molecule has 0 rings (SSSR count). The fraction of sp³-hybridized carbons (Fsp3) is 0.526. The van der Waals surface area contributed by atoms with Crippen molar-refractivity contribution in [3.05, 3.63) is 49.3 Å². The first kappa shape index (κ1) is 23.5. The SMILES string of the molecule is C=CC(=O)OCCCCCCO/C=C/C=CC(C)/C=C\C.CO. The van der Waals surface area contributed by atoms with E-state index in [4.69, 9.17) is 14.6 Å². The maximum atomic E-state index is 10.8. The van der Waals surface area contributed by atoms with Crippen LogP contribution in [0.25, 0.3) is 0 Å². The third-order valence-electron chi connectivity index (χ3n) is 2.76. The molecule has 0 bridgehead atoms. The number of aliphatic hydroxyl groups is 1. The number of carbonyl (C=O) groups excluding carboxylic acids is 1. The lowest BCUT2D eigenvalue weighted by Gasteiger charge is -2.02. The number of carbonyl (C=O) groups is 1. The summed E-state index contributed by atoms with van der Waals surface area (Å²) >= 11 is 0. The second kappa shape index (κ2) is 20.2. The summed E-state index contributed by atoms with van der Waals surface area (Å²) < 4.78 is 10.3. The Morgan fingerprint density at radius 2 is 1.74 bits per heavy atom. The van der Waals surface area contributed by atoms with Gasteiger partial charge in [0.1, 0.15) is 0 Å². The second-order valence-corrected chi connectivity index (χ2v) is 4.75. The van der Waals surface area contributed by atoms with Crippen molar-refractivity contribution >= 4 is 5.97 Å². The molecule has 23 heavy (non-hydrogen) atoms. The van der Waals surface area contributed by atoms with Crippen molar-refractivity contribution in [1.82, 2.24) is 0 Å². The largest absolute Gasteiger partial charge is 0.501 e. The van der Waals surface area contributed by atoms with Gasteiger partial charge in [-0.1, -0.05) is 37.8 Å². The van der Waals surface area contributed by atoms with Crippen molar-refractivity contribution in [2.24, 2.45) is 5.92 Å². The van der Waals surface area contributed by atoms with Crippen LogP contribution in [-0.4, -0.2) is 31.4 Å². The van der Waals surface area contributed by atoms with E-state index in [2.05, 4.69) is 25.7 Å². The average Bonchev–Trinajstić information content (AvgIpc) is 2.57. The topological polar surface area (TPSA) is 55.8 Å². The molecule has 0 aliphatic rings. The summed E-state index contributed by atoms with van der Waals surface area (Å²) in [6, 6.07) is 0. The predicted molar refractivity (Wildman–Crippen MR) is 96.0 cm³/mol. The molecule has 0 aliphatic heterocycles. The molecule has 0 amide bonds. The fourth-order valence-electron chi connectivity index (χ4n) is 1.65. The van der Waals surface area contributed by atoms with Crippen molar-refractivity contribution in [3.8, 4) is 0 Å². The number of allylic oxidation sites excluding steroid dienone is 5. The van der Waals surface area contributed by atoms with Crippen LogP contribution >= 0.6 is 0 Å². The van der Waals surface area contributed by atoms with Crippen molar-refractivity contribution in [2.75, 3.05) is 20.3 Å². The summed E-state index contributed by atoms with van der Waals surface area (Å²) in [5.74, 6) is 0.107. The molecule has 0 fully saturated rings. The van der Waals surface area contributed by atoms with Crippen molar-refractivity contribution in [3.63, 3.8) is 0 Å². The van der Waals surface area contributed by atoms with Crippen molar-refractivity contribution in [1.29, 1.82) is 0 Å². The summed E-state index contributed by atoms with van der Waals surface area (Å²) in [5.41, 5.74) is 0. The van der Waals surface area contributed by atoms with Crippen LogP contribution in [0.15, 0.2) is 49.3 Å². The molecule has 1 N–H and O–H groups in total. The normalized spacial score (nSPS) is 12.2. The molecule has 0 saturated carbocycles. The van der Waals surface area contributed by atoms with Crippen LogP contribution in [0.2, 0.25) is 0 Å². The molecule has 1 unspecified atom stereocenters. The lowest BCUT2D eigenvalue weighted by Crippen LogP contribution is -2.01. The van der Waals surface area contributed by atoms with E-state index >= 15 is 0 Å². The Bertz CT molecular complexity index is 356. The van der Waals surface area contributed by atoms with E-state index < -0.39 is 0 Å². The van der Waals surface area contributed by atoms with Gasteiger partial charge in [0.05, 0.1) is 19.5 Å². The standard InChI is InChI=1S/C18H28O3.CH4O/c1-4-12-17(3)13-8-11-15-20-14-9-6-7-10-16-21-18(19)5-2;1-2/h4-5,8,11-13,15,17H,2,6-7,9-10,14,16H2,1,3H3;2H,1H3/b12-4-,13-8?,15-11+;. The van der Waals surface area contributed by atoms with Gasteiger partial charge in [-0.25, -0.2) is 4.79 Å². The molecule has 0 saturated heterocycles. The van der Waals surface area contributed by atoms with E-state index in [0.717, 1.165) is 39.4 Å². The van der Waals surface area contributed by atoms with E-state index in [-0.39, 0.29) is 5.97 Å². The van der Waals surface area contributed by atoms with Gasteiger partial charge in [-0.2, -0.15) is 0 Å². The minimum atomic E-state index is -0.347. The third kappa shape index (κ3) is 20.2. The molecular formula is C19H32O4. The Balaban J connectivity index is 0. The third-order valence-corrected chi connectivity index (χ3v) is 2.76. The van der Waals surface area contributed by atoms with Crippen LogP contribution in [-0.2, 0) is 14.3 Å². The van der Waals surface area contributed by atoms with Gasteiger partial charge >= 0.3 is 5.97 Å². The van der Waals surface area contributed by atoms with E-state index in [9.17, 15) is 4.79 Å². The molecule has 4 nitrogen and oxygen atoms in total. The van der Waals surface area contributed by atoms with Crippen LogP contribution in [0.1, 0.15) is 39.5 Å². The van der Waals surface area contributed by atoms with E-state index in [1.165, 1.54) is 6.08 Å². The van der Waals surface area contributed by atoms with Gasteiger partial charge in [0, 0.05) is 13.2 Å². The first-order valence-electron chi connectivity index (χ1n) is 8.02. The van der Waals surface area contributed by atoms with Gasteiger partial charge in [0.2, 0.25) is 0 Å². The summed E-state index contributed by atoms with van der Waals surface area (Å²) in [5, 5.41) is 7.00. The zero-order valence-corrected chi connectivity index (χ0v) is 14.7. The monoisotopic (exact) mass is 324 g/mol. The molecule has 0 heterocycles. The van der Waals surface area contributed by atoms with Gasteiger partial charge in [0.15, 0.2) is 0 Å². The van der Waals surface area contributed by atoms with Crippen LogP contribution in [0.5, 0.6) is 0 Å². The number of unbranched alkanes of at least 4 members (excludes halogenated alkanes) is 3. The van der Waals surface area contributed by atoms with Crippen molar-refractivity contribution in [2.45, 2.75) is 39.5 Å². The molecule has 0 aromatic heterocycles. The Hall–Kier alpha value is -1.81.